The van der Waals surface area contributed by atoms with Crippen molar-refractivity contribution in [3.63, 3.8) is 0 Å². The minimum atomic E-state index is -0.0637. The molecule has 0 aromatic carbocycles. The summed E-state index contributed by atoms with van der Waals surface area (Å²) in [5, 5.41) is 0. The lowest BCUT2D eigenvalue weighted by Crippen LogP contribution is -2.22. The summed E-state index contributed by atoms with van der Waals surface area (Å²) in [5.74, 6) is 0.469. The van der Waals surface area contributed by atoms with Crippen LogP contribution >= 0.6 is 15.9 Å². The first-order valence-electron chi connectivity index (χ1n) is 3.82. The molecule has 0 spiro atoms. The average molecular weight is 231 g/mol. The highest BCUT2D eigenvalue weighted by atomic mass is 79.9. The summed E-state index contributed by atoms with van der Waals surface area (Å²) in [5.41, 5.74) is -0.0637. The quantitative estimate of drug-likeness (QED) is 0.775. The van der Waals surface area contributed by atoms with E-state index in [1.54, 1.807) is 17.0 Å². The number of nitrogens with zero attached hydrogens (tertiary/aromatic N) is 2. The van der Waals surface area contributed by atoms with E-state index in [4.69, 9.17) is 0 Å². The third-order valence-corrected chi connectivity index (χ3v) is 1.98. The van der Waals surface area contributed by atoms with Crippen LogP contribution in [0.15, 0.2) is 21.8 Å². The van der Waals surface area contributed by atoms with Gasteiger partial charge in [0.25, 0.3) is 5.56 Å². The van der Waals surface area contributed by atoms with Crippen LogP contribution in [0.2, 0.25) is 0 Å². The molecule has 3 nitrogen and oxygen atoms in total. The molecule has 0 bridgehead atoms. The van der Waals surface area contributed by atoms with Gasteiger partial charge in [0.1, 0.15) is 0 Å². The van der Waals surface area contributed by atoms with Gasteiger partial charge in [-0.1, -0.05) is 13.8 Å². The number of rotatable bonds is 2. The van der Waals surface area contributed by atoms with Crippen LogP contribution in [0, 0.1) is 5.92 Å². The van der Waals surface area contributed by atoms with E-state index in [0.717, 1.165) is 6.54 Å². The minimum Gasteiger partial charge on any atom is -0.311 e. The lowest BCUT2D eigenvalue weighted by Gasteiger charge is -2.07. The van der Waals surface area contributed by atoms with E-state index in [1.807, 2.05) is 0 Å². The Balaban J connectivity index is 3.01. The molecule has 0 unspecified atom stereocenters. The Morgan fingerprint density at radius 1 is 1.67 bits per heavy atom. The zero-order valence-corrected chi connectivity index (χ0v) is 8.71. The predicted molar refractivity (Wildman–Crippen MR) is 51.0 cm³/mol. The van der Waals surface area contributed by atoms with E-state index in [0.29, 0.717) is 10.5 Å². The third kappa shape index (κ3) is 2.17. The van der Waals surface area contributed by atoms with Crippen LogP contribution < -0.4 is 5.56 Å². The van der Waals surface area contributed by atoms with Crippen molar-refractivity contribution in [2.45, 2.75) is 20.4 Å². The van der Waals surface area contributed by atoms with Gasteiger partial charge in [0, 0.05) is 18.9 Å². The first kappa shape index (κ1) is 9.45. The molecule has 0 aliphatic rings. The summed E-state index contributed by atoms with van der Waals surface area (Å²) in [6, 6.07) is 0. The van der Waals surface area contributed by atoms with Crippen molar-refractivity contribution < 1.29 is 0 Å². The predicted octanol–water partition coefficient (Wildman–Crippen LogP) is 1.66. The molecule has 0 saturated carbocycles. The van der Waals surface area contributed by atoms with E-state index in [2.05, 4.69) is 34.8 Å². The molecular formula is C8H11BrN2O. The molecule has 0 aliphatic heterocycles. The molecule has 0 saturated heterocycles. The van der Waals surface area contributed by atoms with Gasteiger partial charge in [-0.2, -0.15) is 0 Å². The molecule has 1 rings (SSSR count). The highest BCUT2D eigenvalue weighted by Gasteiger charge is 2.01. The molecule has 0 amide bonds. The Labute approximate surface area is 79.6 Å². The monoisotopic (exact) mass is 230 g/mol. The van der Waals surface area contributed by atoms with Crippen molar-refractivity contribution in [3.05, 3.63) is 27.4 Å². The van der Waals surface area contributed by atoms with Crippen LogP contribution in [0.1, 0.15) is 13.8 Å². The van der Waals surface area contributed by atoms with E-state index < -0.39 is 0 Å². The van der Waals surface area contributed by atoms with E-state index in [9.17, 15) is 4.79 Å². The van der Waals surface area contributed by atoms with Crippen LogP contribution in [-0.4, -0.2) is 9.55 Å². The minimum absolute atomic E-state index is 0.0637. The maximum Gasteiger partial charge on any atom is 0.283 e. The molecule has 1 heterocycles. The average Bonchev–Trinajstić information content (AvgIpc) is 1.98. The largest absolute Gasteiger partial charge is 0.311 e. The fourth-order valence-electron chi connectivity index (χ4n) is 0.958. The van der Waals surface area contributed by atoms with E-state index >= 15 is 0 Å². The fraction of sp³-hybridized carbons (Fsp3) is 0.500. The summed E-state index contributed by atoms with van der Waals surface area (Å²) >= 11 is 3.09. The van der Waals surface area contributed by atoms with Crippen molar-refractivity contribution in [3.8, 4) is 0 Å². The smallest absolute Gasteiger partial charge is 0.283 e. The molecule has 4 heteroatoms. The van der Waals surface area contributed by atoms with Crippen LogP contribution in [0.4, 0.5) is 0 Å². The second-order valence-corrected chi connectivity index (χ2v) is 3.82. The van der Waals surface area contributed by atoms with Crippen LogP contribution in [0.5, 0.6) is 0 Å². The Morgan fingerprint density at radius 3 is 2.92 bits per heavy atom. The van der Waals surface area contributed by atoms with Gasteiger partial charge in [-0.3, -0.25) is 4.79 Å². The topological polar surface area (TPSA) is 34.9 Å². The van der Waals surface area contributed by atoms with Gasteiger partial charge in [0.05, 0.1) is 0 Å². The lowest BCUT2D eigenvalue weighted by molar-refractivity contribution is 0.507. The maximum absolute atomic E-state index is 11.4. The van der Waals surface area contributed by atoms with Gasteiger partial charge < -0.3 is 4.57 Å². The lowest BCUT2D eigenvalue weighted by atomic mass is 10.2. The van der Waals surface area contributed by atoms with Gasteiger partial charge in [0.2, 0.25) is 0 Å². The normalized spacial score (nSPS) is 10.7. The SMILES string of the molecule is CC(C)Cn1ccnc(Br)c1=O. The number of hydrogen-bond donors (Lipinski definition) is 0. The van der Waals surface area contributed by atoms with E-state index in [-0.39, 0.29) is 5.56 Å². The van der Waals surface area contributed by atoms with Crippen LogP contribution in [0.25, 0.3) is 0 Å². The van der Waals surface area contributed by atoms with Gasteiger partial charge >= 0.3 is 0 Å². The highest BCUT2D eigenvalue weighted by Crippen LogP contribution is 1.99. The van der Waals surface area contributed by atoms with Gasteiger partial charge in [-0.05, 0) is 21.8 Å². The summed E-state index contributed by atoms with van der Waals surface area (Å²) in [6.07, 6.45) is 3.32. The van der Waals surface area contributed by atoms with E-state index in [1.165, 1.54) is 0 Å². The van der Waals surface area contributed by atoms with Crippen LogP contribution in [0.3, 0.4) is 0 Å². The summed E-state index contributed by atoms with van der Waals surface area (Å²) in [6.45, 7) is 4.88. The van der Waals surface area contributed by atoms with Crippen molar-refractivity contribution in [1.29, 1.82) is 0 Å². The molecule has 1 aromatic rings. The second kappa shape index (κ2) is 3.85. The number of hydrogen-bond acceptors (Lipinski definition) is 2. The standard InChI is InChI=1S/C8H11BrN2O/c1-6(2)5-11-4-3-10-7(9)8(11)12/h3-4,6H,5H2,1-2H3. The molecule has 0 N–H and O–H groups in total. The summed E-state index contributed by atoms with van der Waals surface area (Å²) < 4.78 is 2.03. The molecule has 0 aliphatic carbocycles. The molecule has 12 heavy (non-hydrogen) atoms. The maximum atomic E-state index is 11.4. The molecule has 0 atom stereocenters. The second-order valence-electron chi connectivity index (χ2n) is 3.07. The molecule has 1 aromatic heterocycles. The molecular weight excluding hydrogens is 220 g/mol. The highest BCUT2D eigenvalue weighted by molar-refractivity contribution is 9.10. The first-order chi connectivity index (χ1) is 5.61. The van der Waals surface area contributed by atoms with Crippen LogP contribution in [-0.2, 0) is 6.54 Å². The summed E-state index contributed by atoms with van der Waals surface area (Å²) in [4.78, 5) is 15.2. The Hall–Kier alpha value is -0.640. The summed E-state index contributed by atoms with van der Waals surface area (Å²) in [7, 11) is 0. The Kier molecular flexibility index (Phi) is 3.03. The Morgan fingerprint density at radius 2 is 2.33 bits per heavy atom. The number of halogens is 1. The molecule has 66 valence electrons. The molecule has 0 radical (unpaired) electrons. The zero-order valence-electron chi connectivity index (χ0n) is 7.12. The van der Waals surface area contributed by atoms with Crippen molar-refractivity contribution in [1.82, 2.24) is 9.55 Å². The zero-order chi connectivity index (χ0) is 9.14. The van der Waals surface area contributed by atoms with Crippen molar-refractivity contribution in [2.75, 3.05) is 0 Å². The van der Waals surface area contributed by atoms with Crippen molar-refractivity contribution >= 4 is 15.9 Å². The molecule has 0 fully saturated rings. The van der Waals surface area contributed by atoms with Gasteiger partial charge in [0.15, 0.2) is 4.60 Å². The third-order valence-electron chi connectivity index (χ3n) is 1.43. The first-order valence-corrected chi connectivity index (χ1v) is 4.61. The fourth-order valence-corrected chi connectivity index (χ4v) is 1.30. The Bertz CT molecular complexity index is 319. The van der Waals surface area contributed by atoms with Gasteiger partial charge in [-0.15, -0.1) is 0 Å². The van der Waals surface area contributed by atoms with Gasteiger partial charge in [-0.25, -0.2) is 4.98 Å². The van der Waals surface area contributed by atoms with Crippen molar-refractivity contribution in [2.24, 2.45) is 5.92 Å². The number of aromatic nitrogens is 2.